The van der Waals surface area contributed by atoms with Gasteiger partial charge in [-0.2, -0.15) is 0 Å². The number of carbonyl (C=O) groups excluding carboxylic acids is 1. The molecule has 0 spiro atoms. The Balaban J connectivity index is 1.43. The maximum Gasteiger partial charge on any atom is 0.259 e. The Kier molecular flexibility index (Phi) is 5.22. The summed E-state index contributed by atoms with van der Waals surface area (Å²) in [5.41, 5.74) is 4.43. The number of nitrogens with zero attached hydrogens (tertiary/aromatic N) is 1. The molecular weight excluding hydrogens is 398 g/mol. The molecule has 158 valence electrons. The summed E-state index contributed by atoms with van der Waals surface area (Å²) >= 11 is 0. The molecule has 0 aliphatic carbocycles. The number of rotatable bonds is 4. The van der Waals surface area contributed by atoms with E-state index in [4.69, 9.17) is 4.74 Å². The molecule has 0 saturated carbocycles. The van der Waals surface area contributed by atoms with Crippen LogP contribution in [-0.2, 0) is 0 Å². The number of para-hydroxylation sites is 1. The molecule has 5 heteroatoms. The lowest BCUT2D eigenvalue weighted by Crippen LogP contribution is -2.13. The number of nitrogens with one attached hydrogen (secondary N) is 2. The highest BCUT2D eigenvalue weighted by Crippen LogP contribution is 2.39. The fourth-order valence-electron chi connectivity index (χ4n) is 4.01. The second kappa shape index (κ2) is 8.47. The Labute approximate surface area is 186 Å². The van der Waals surface area contributed by atoms with Crippen molar-refractivity contribution in [2.24, 2.45) is 0 Å². The number of ether oxygens (including phenoxy) is 1. The SMILES string of the molecule is COc1ccccc1C(=O)Nc1ccc(N2C=CCNc3c2ccc2ccccc32)cc1. The monoisotopic (exact) mass is 421 g/mol. The number of hydrogen-bond donors (Lipinski definition) is 2. The van der Waals surface area contributed by atoms with Gasteiger partial charge in [-0.25, -0.2) is 0 Å². The minimum atomic E-state index is -0.203. The standard InChI is InChI=1S/C27H23N3O2/c1-32-25-10-5-4-9-23(25)27(31)29-20-12-14-21(15-13-20)30-18-6-17-28-26-22-8-3-2-7-19(22)11-16-24(26)30/h2-16,18,28H,17H2,1H3,(H,29,31). The maximum absolute atomic E-state index is 12.7. The van der Waals surface area contributed by atoms with Crippen LogP contribution in [0.1, 0.15) is 10.4 Å². The molecule has 0 atom stereocenters. The minimum Gasteiger partial charge on any atom is -0.496 e. The van der Waals surface area contributed by atoms with Crippen molar-refractivity contribution in [2.45, 2.75) is 0 Å². The van der Waals surface area contributed by atoms with Gasteiger partial charge >= 0.3 is 0 Å². The summed E-state index contributed by atoms with van der Waals surface area (Å²) in [5, 5.41) is 8.89. The molecule has 5 rings (SSSR count). The first-order valence-electron chi connectivity index (χ1n) is 10.5. The van der Waals surface area contributed by atoms with Crippen LogP contribution in [-0.4, -0.2) is 19.6 Å². The summed E-state index contributed by atoms with van der Waals surface area (Å²) < 4.78 is 5.30. The zero-order valence-electron chi connectivity index (χ0n) is 17.7. The molecule has 5 nitrogen and oxygen atoms in total. The Morgan fingerprint density at radius 1 is 0.938 bits per heavy atom. The predicted octanol–water partition coefficient (Wildman–Crippen LogP) is 6.18. The van der Waals surface area contributed by atoms with Gasteiger partial charge in [0, 0.05) is 29.5 Å². The first-order valence-corrected chi connectivity index (χ1v) is 10.5. The number of methoxy groups -OCH3 is 1. The fourth-order valence-corrected chi connectivity index (χ4v) is 4.01. The highest BCUT2D eigenvalue weighted by atomic mass is 16.5. The second-order valence-electron chi connectivity index (χ2n) is 7.52. The molecule has 1 aliphatic rings. The van der Waals surface area contributed by atoms with Crippen molar-refractivity contribution in [3.8, 4) is 5.75 Å². The summed E-state index contributed by atoms with van der Waals surface area (Å²) in [5.74, 6) is 0.346. The van der Waals surface area contributed by atoms with Crippen molar-refractivity contribution in [2.75, 3.05) is 29.2 Å². The summed E-state index contributed by atoms with van der Waals surface area (Å²) in [6.07, 6.45) is 4.18. The van der Waals surface area contributed by atoms with E-state index < -0.39 is 0 Å². The van der Waals surface area contributed by atoms with Crippen molar-refractivity contribution >= 4 is 39.4 Å². The average Bonchev–Trinajstić information content (AvgIpc) is 3.07. The molecule has 0 fully saturated rings. The number of hydrogen-bond acceptors (Lipinski definition) is 4. The molecule has 4 aromatic rings. The van der Waals surface area contributed by atoms with E-state index >= 15 is 0 Å². The van der Waals surface area contributed by atoms with Crippen LogP contribution in [0.25, 0.3) is 10.8 Å². The molecule has 1 heterocycles. The van der Waals surface area contributed by atoms with E-state index in [1.165, 1.54) is 10.8 Å². The van der Waals surface area contributed by atoms with Crippen LogP contribution < -0.4 is 20.3 Å². The lowest BCUT2D eigenvalue weighted by atomic mass is 10.1. The summed E-state index contributed by atoms with van der Waals surface area (Å²) in [7, 11) is 1.56. The maximum atomic E-state index is 12.7. The lowest BCUT2D eigenvalue weighted by molar-refractivity contribution is 0.102. The number of amides is 1. The van der Waals surface area contributed by atoms with Crippen LogP contribution in [0.3, 0.4) is 0 Å². The van der Waals surface area contributed by atoms with E-state index in [2.05, 4.69) is 64.2 Å². The van der Waals surface area contributed by atoms with E-state index in [1.54, 1.807) is 19.2 Å². The lowest BCUT2D eigenvalue weighted by Gasteiger charge is -2.23. The summed E-state index contributed by atoms with van der Waals surface area (Å²) in [6, 6.07) is 27.7. The van der Waals surface area contributed by atoms with Gasteiger partial charge < -0.3 is 20.3 Å². The second-order valence-corrected chi connectivity index (χ2v) is 7.52. The van der Waals surface area contributed by atoms with Crippen LogP contribution >= 0.6 is 0 Å². The van der Waals surface area contributed by atoms with Gasteiger partial charge in [-0.15, -0.1) is 0 Å². The molecule has 0 radical (unpaired) electrons. The zero-order valence-corrected chi connectivity index (χ0v) is 17.7. The molecule has 0 unspecified atom stereocenters. The Hall–Kier alpha value is -4.25. The smallest absolute Gasteiger partial charge is 0.259 e. The average molecular weight is 422 g/mol. The van der Waals surface area contributed by atoms with Gasteiger partial charge in [-0.3, -0.25) is 4.79 Å². The topological polar surface area (TPSA) is 53.6 Å². The third-order valence-electron chi connectivity index (χ3n) is 5.57. The first kappa shape index (κ1) is 19.7. The highest BCUT2D eigenvalue weighted by Gasteiger charge is 2.17. The normalized spacial score (nSPS) is 12.6. The third kappa shape index (κ3) is 3.65. The molecule has 1 amide bonds. The summed E-state index contributed by atoms with van der Waals surface area (Å²) in [4.78, 5) is 14.9. The molecule has 0 bridgehead atoms. The van der Waals surface area contributed by atoms with Crippen molar-refractivity contribution in [3.63, 3.8) is 0 Å². The predicted molar refractivity (Wildman–Crippen MR) is 131 cm³/mol. The number of fused-ring (bicyclic) bond motifs is 3. The van der Waals surface area contributed by atoms with Crippen LogP contribution in [0.2, 0.25) is 0 Å². The molecule has 0 saturated heterocycles. The number of benzene rings is 4. The van der Waals surface area contributed by atoms with Gasteiger partial charge in [-0.05, 0) is 53.9 Å². The number of carbonyl (C=O) groups is 1. The van der Waals surface area contributed by atoms with E-state index in [1.807, 2.05) is 36.4 Å². The Bertz CT molecular complexity index is 1310. The van der Waals surface area contributed by atoms with Gasteiger partial charge in [-0.1, -0.05) is 42.5 Å². The minimum absolute atomic E-state index is 0.203. The van der Waals surface area contributed by atoms with Crippen LogP contribution in [0, 0.1) is 0 Å². The fraction of sp³-hybridized carbons (Fsp3) is 0.0741. The highest BCUT2D eigenvalue weighted by molar-refractivity contribution is 6.06. The van der Waals surface area contributed by atoms with Gasteiger partial charge in [0.05, 0.1) is 24.0 Å². The van der Waals surface area contributed by atoms with E-state index in [0.717, 1.165) is 29.3 Å². The molecule has 2 N–H and O–H groups in total. The molecule has 1 aliphatic heterocycles. The Morgan fingerprint density at radius 3 is 2.56 bits per heavy atom. The zero-order chi connectivity index (χ0) is 21.9. The quantitative estimate of drug-likeness (QED) is 0.413. The van der Waals surface area contributed by atoms with Gasteiger partial charge in [0.15, 0.2) is 0 Å². The molecule has 32 heavy (non-hydrogen) atoms. The first-order chi connectivity index (χ1) is 15.7. The van der Waals surface area contributed by atoms with Crippen LogP contribution in [0.15, 0.2) is 97.2 Å². The molecule has 4 aromatic carbocycles. The Morgan fingerprint density at radius 2 is 1.72 bits per heavy atom. The van der Waals surface area contributed by atoms with Gasteiger partial charge in [0.2, 0.25) is 0 Å². The van der Waals surface area contributed by atoms with Crippen molar-refractivity contribution in [1.29, 1.82) is 0 Å². The molecule has 0 aromatic heterocycles. The van der Waals surface area contributed by atoms with Crippen molar-refractivity contribution in [3.05, 3.63) is 103 Å². The van der Waals surface area contributed by atoms with E-state index in [9.17, 15) is 4.79 Å². The molecular formula is C27H23N3O2. The van der Waals surface area contributed by atoms with Gasteiger partial charge in [0.25, 0.3) is 5.91 Å². The van der Waals surface area contributed by atoms with Crippen molar-refractivity contribution in [1.82, 2.24) is 0 Å². The third-order valence-corrected chi connectivity index (χ3v) is 5.57. The summed E-state index contributed by atoms with van der Waals surface area (Å²) in [6.45, 7) is 0.755. The largest absolute Gasteiger partial charge is 0.496 e. The van der Waals surface area contributed by atoms with E-state index in [-0.39, 0.29) is 5.91 Å². The van der Waals surface area contributed by atoms with E-state index in [0.29, 0.717) is 11.3 Å². The van der Waals surface area contributed by atoms with Crippen molar-refractivity contribution < 1.29 is 9.53 Å². The van der Waals surface area contributed by atoms with Gasteiger partial charge in [0.1, 0.15) is 5.75 Å². The van der Waals surface area contributed by atoms with Crippen LogP contribution in [0.4, 0.5) is 22.7 Å². The van der Waals surface area contributed by atoms with Crippen LogP contribution in [0.5, 0.6) is 5.75 Å². The number of anilines is 4.